The number of primary amides is 1. The highest BCUT2D eigenvalue weighted by Gasteiger charge is 2.28. The first kappa shape index (κ1) is 23.1. The number of amides is 2. The predicted molar refractivity (Wildman–Crippen MR) is 130 cm³/mol. The summed E-state index contributed by atoms with van der Waals surface area (Å²) < 4.78 is 1.42. The summed E-state index contributed by atoms with van der Waals surface area (Å²) in [5, 5.41) is 8.17. The Kier molecular flexibility index (Phi) is 6.60. The smallest absolute Gasteiger partial charge is 0.271 e. The Morgan fingerprint density at radius 3 is 2.36 bits per heavy atom. The molecule has 3 N–H and O–H groups in total. The average molecular weight is 487 g/mol. The molecule has 172 valence electrons. The number of para-hydroxylation sites is 1. The lowest BCUT2D eigenvalue weighted by molar-refractivity contribution is 0.0783. The molecular formula is C23H24Cl2N6O2. The summed E-state index contributed by atoms with van der Waals surface area (Å²) >= 11 is 12.5. The highest BCUT2D eigenvalue weighted by atomic mass is 35.5. The molecule has 0 saturated carbocycles. The van der Waals surface area contributed by atoms with Crippen molar-refractivity contribution in [2.24, 2.45) is 5.73 Å². The van der Waals surface area contributed by atoms with Gasteiger partial charge in [0, 0.05) is 30.4 Å². The van der Waals surface area contributed by atoms with E-state index >= 15 is 0 Å². The van der Waals surface area contributed by atoms with Gasteiger partial charge >= 0.3 is 0 Å². The maximum Gasteiger partial charge on any atom is 0.271 e. The van der Waals surface area contributed by atoms with Crippen molar-refractivity contribution < 1.29 is 9.59 Å². The maximum atomic E-state index is 12.8. The zero-order valence-corrected chi connectivity index (χ0v) is 19.8. The van der Waals surface area contributed by atoms with E-state index in [2.05, 4.69) is 15.3 Å². The summed E-state index contributed by atoms with van der Waals surface area (Å²) in [6, 6.07) is 12.5. The number of nitrogens with one attached hydrogen (secondary N) is 1. The Labute approximate surface area is 201 Å². The van der Waals surface area contributed by atoms with Crippen LogP contribution in [0.4, 0.5) is 11.4 Å². The van der Waals surface area contributed by atoms with E-state index in [1.54, 1.807) is 48.7 Å². The molecule has 4 rings (SSSR count). The minimum atomic E-state index is -0.698. The number of anilines is 2. The van der Waals surface area contributed by atoms with Crippen LogP contribution in [0, 0.1) is 0 Å². The standard InChI is InChI=1S/C23H24Cl2N6O2/c1-29(2)16-10-11-30(12-16)23(33)14-6-8-15(9-7-14)27-19-13-31(28-20(19)22(26)32)21-17(24)4-3-5-18(21)25/h3-9,13,16,27H,10-12H2,1-2H3,(H2,26,32)/t16-/m0/s1. The van der Waals surface area contributed by atoms with Crippen molar-refractivity contribution in [3.8, 4) is 5.69 Å². The molecule has 0 unspecified atom stereocenters. The lowest BCUT2D eigenvalue weighted by atomic mass is 10.1. The molecule has 2 heterocycles. The number of nitrogens with two attached hydrogens (primary N) is 1. The number of nitrogens with zero attached hydrogens (tertiary/aromatic N) is 4. The molecule has 3 aromatic rings. The summed E-state index contributed by atoms with van der Waals surface area (Å²) in [5.41, 5.74) is 7.68. The fourth-order valence-corrected chi connectivity index (χ4v) is 4.42. The number of aromatic nitrogens is 2. The van der Waals surface area contributed by atoms with Gasteiger partial charge < -0.3 is 20.9 Å². The molecule has 0 spiro atoms. The number of rotatable bonds is 6. The molecular weight excluding hydrogens is 463 g/mol. The molecule has 1 aromatic heterocycles. The third-order valence-electron chi connectivity index (χ3n) is 5.71. The van der Waals surface area contributed by atoms with Gasteiger partial charge in [0.2, 0.25) is 0 Å². The van der Waals surface area contributed by atoms with Crippen LogP contribution in [0.5, 0.6) is 0 Å². The third-order valence-corrected chi connectivity index (χ3v) is 6.32. The van der Waals surface area contributed by atoms with Crippen LogP contribution in [0.25, 0.3) is 5.69 Å². The highest BCUT2D eigenvalue weighted by molar-refractivity contribution is 6.37. The first-order chi connectivity index (χ1) is 15.7. The minimum absolute atomic E-state index is 0.00454. The first-order valence-electron chi connectivity index (χ1n) is 10.4. The van der Waals surface area contributed by atoms with Gasteiger partial charge in [-0.3, -0.25) is 9.59 Å². The number of hydrogen-bond donors (Lipinski definition) is 2. The number of halogens is 2. The van der Waals surface area contributed by atoms with Crippen molar-refractivity contribution in [3.05, 3.63) is 70.0 Å². The average Bonchev–Trinajstić information content (AvgIpc) is 3.42. The maximum absolute atomic E-state index is 12.8. The number of likely N-dealkylation sites (tertiary alicyclic amines) is 1. The van der Waals surface area contributed by atoms with Gasteiger partial charge in [-0.1, -0.05) is 29.3 Å². The molecule has 1 atom stereocenters. The van der Waals surface area contributed by atoms with Crippen LogP contribution in [0.3, 0.4) is 0 Å². The fourth-order valence-electron chi connectivity index (χ4n) is 3.85. The van der Waals surface area contributed by atoms with Crippen LogP contribution < -0.4 is 11.1 Å². The summed E-state index contributed by atoms with van der Waals surface area (Å²) in [6.07, 6.45) is 2.56. The molecule has 0 bridgehead atoms. The van der Waals surface area contributed by atoms with Crippen molar-refractivity contribution in [2.45, 2.75) is 12.5 Å². The molecule has 1 saturated heterocycles. The molecule has 2 amide bonds. The van der Waals surface area contributed by atoms with Crippen LogP contribution in [-0.2, 0) is 0 Å². The van der Waals surface area contributed by atoms with Crippen LogP contribution >= 0.6 is 23.2 Å². The molecule has 10 heteroatoms. The number of hydrogen-bond acceptors (Lipinski definition) is 5. The molecule has 0 radical (unpaired) electrons. The van der Waals surface area contributed by atoms with Crippen molar-refractivity contribution in [1.29, 1.82) is 0 Å². The SMILES string of the molecule is CN(C)[C@H]1CCN(C(=O)c2ccc(Nc3cn(-c4c(Cl)cccc4Cl)nc3C(N)=O)cc2)C1. The second-order valence-electron chi connectivity index (χ2n) is 8.13. The number of carbonyl (C=O) groups excluding carboxylic acids is 2. The number of likely N-dealkylation sites (N-methyl/N-ethyl adjacent to an activating group) is 1. The number of benzene rings is 2. The Morgan fingerprint density at radius 2 is 1.79 bits per heavy atom. The summed E-state index contributed by atoms with van der Waals surface area (Å²) in [5.74, 6) is -0.694. The quantitative estimate of drug-likeness (QED) is 0.552. The van der Waals surface area contributed by atoms with Gasteiger partial charge in [0.1, 0.15) is 5.69 Å². The van der Waals surface area contributed by atoms with Crippen LogP contribution in [0.2, 0.25) is 10.0 Å². The van der Waals surface area contributed by atoms with Gasteiger partial charge in [0.25, 0.3) is 11.8 Å². The Hall–Kier alpha value is -3.07. The lowest BCUT2D eigenvalue weighted by Crippen LogP contribution is -2.34. The van der Waals surface area contributed by atoms with E-state index in [1.165, 1.54) is 4.68 Å². The second-order valence-corrected chi connectivity index (χ2v) is 8.94. The predicted octanol–water partition coefficient (Wildman–Crippen LogP) is 3.80. The van der Waals surface area contributed by atoms with E-state index in [-0.39, 0.29) is 11.6 Å². The van der Waals surface area contributed by atoms with E-state index < -0.39 is 5.91 Å². The number of carbonyl (C=O) groups is 2. The minimum Gasteiger partial charge on any atom is -0.364 e. The summed E-state index contributed by atoms with van der Waals surface area (Å²) in [7, 11) is 4.06. The molecule has 1 aliphatic rings. The Balaban J connectivity index is 1.54. The summed E-state index contributed by atoms with van der Waals surface area (Å²) in [6.45, 7) is 1.46. The largest absolute Gasteiger partial charge is 0.364 e. The fraction of sp³-hybridized carbons (Fsp3) is 0.261. The monoisotopic (exact) mass is 486 g/mol. The van der Waals surface area contributed by atoms with Crippen molar-refractivity contribution in [2.75, 3.05) is 32.5 Å². The first-order valence-corrected chi connectivity index (χ1v) is 11.2. The third kappa shape index (κ3) is 4.83. The van der Waals surface area contributed by atoms with Crippen LogP contribution in [0.1, 0.15) is 27.3 Å². The molecule has 0 aliphatic carbocycles. The molecule has 1 fully saturated rings. The zero-order chi connectivity index (χ0) is 23.7. The normalized spacial score (nSPS) is 15.8. The Bertz CT molecular complexity index is 1170. The van der Waals surface area contributed by atoms with Gasteiger partial charge in [-0.15, -0.1) is 0 Å². The van der Waals surface area contributed by atoms with E-state index in [0.717, 1.165) is 19.5 Å². The second kappa shape index (κ2) is 9.43. The van der Waals surface area contributed by atoms with E-state index in [0.29, 0.717) is 38.7 Å². The molecule has 1 aliphatic heterocycles. The van der Waals surface area contributed by atoms with Gasteiger partial charge in [0.15, 0.2) is 5.69 Å². The van der Waals surface area contributed by atoms with Crippen molar-refractivity contribution in [3.63, 3.8) is 0 Å². The highest BCUT2D eigenvalue weighted by Crippen LogP contribution is 2.30. The van der Waals surface area contributed by atoms with Gasteiger partial charge in [-0.2, -0.15) is 5.10 Å². The van der Waals surface area contributed by atoms with E-state index in [9.17, 15) is 9.59 Å². The van der Waals surface area contributed by atoms with E-state index in [1.807, 2.05) is 19.0 Å². The van der Waals surface area contributed by atoms with Gasteiger partial charge in [0.05, 0.1) is 21.9 Å². The lowest BCUT2D eigenvalue weighted by Gasteiger charge is -2.20. The topological polar surface area (TPSA) is 96.5 Å². The molecule has 33 heavy (non-hydrogen) atoms. The Morgan fingerprint density at radius 1 is 1.12 bits per heavy atom. The van der Waals surface area contributed by atoms with E-state index in [4.69, 9.17) is 28.9 Å². The van der Waals surface area contributed by atoms with Crippen LogP contribution in [-0.4, -0.2) is 64.6 Å². The van der Waals surface area contributed by atoms with Crippen molar-refractivity contribution >= 4 is 46.4 Å². The van der Waals surface area contributed by atoms with Gasteiger partial charge in [-0.05, 0) is 56.9 Å². The van der Waals surface area contributed by atoms with Crippen LogP contribution in [0.15, 0.2) is 48.7 Å². The molecule has 2 aromatic carbocycles. The van der Waals surface area contributed by atoms with Crippen molar-refractivity contribution in [1.82, 2.24) is 19.6 Å². The van der Waals surface area contributed by atoms with Gasteiger partial charge in [-0.25, -0.2) is 4.68 Å². The molecule has 8 nitrogen and oxygen atoms in total. The zero-order valence-electron chi connectivity index (χ0n) is 18.3. The summed E-state index contributed by atoms with van der Waals surface area (Å²) in [4.78, 5) is 28.8.